The highest BCUT2D eigenvalue weighted by Crippen LogP contribution is 2.30. The number of hydrogen-bond donors (Lipinski definition) is 3. The lowest BCUT2D eigenvalue weighted by Gasteiger charge is -2.46. The molecule has 3 aliphatic heterocycles. The Morgan fingerprint density at radius 1 is 1.40 bits per heavy atom. The van der Waals surface area contributed by atoms with Crippen LogP contribution in [0.4, 0.5) is 23.7 Å². The SMILES string of the molecule is C=C[C@H]1C[NH+]2CC[C@H]1C[C@@H]2CNC(=O)Nc1cccc(C(F)(F)F)c1. The summed E-state index contributed by atoms with van der Waals surface area (Å²) in [5, 5.41) is 5.28. The maximum absolute atomic E-state index is 12.7. The van der Waals surface area contributed by atoms with Crippen molar-refractivity contribution in [3.8, 4) is 0 Å². The van der Waals surface area contributed by atoms with E-state index in [4.69, 9.17) is 0 Å². The van der Waals surface area contributed by atoms with E-state index in [1.54, 1.807) is 0 Å². The van der Waals surface area contributed by atoms with Gasteiger partial charge in [-0.3, -0.25) is 0 Å². The number of benzene rings is 1. The number of hydrogen-bond acceptors (Lipinski definition) is 1. The summed E-state index contributed by atoms with van der Waals surface area (Å²) in [7, 11) is 0. The molecule has 1 aromatic carbocycles. The molecular weight excluding hydrogens is 331 g/mol. The van der Waals surface area contributed by atoms with E-state index < -0.39 is 17.8 Å². The van der Waals surface area contributed by atoms with Crippen LogP contribution in [-0.4, -0.2) is 31.7 Å². The molecule has 7 heteroatoms. The van der Waals surface area contributed by atoms with Crippen molar-refractivity contribution in [1.82, 2.24) is 5.32 Å². The van der Waals surface area contributed by atoms with Crippen LogP contribution in [0.15, 0.2) is 36.9 Å². The maximum Gasteiger partial charge on any atom is 0.416 e. The van der Waals surface area contributed by atoms with E-state index in [1.165, 1.54) is 23.5 Å². The Kier molecular flexibility index (Phi) is 5.03. The van der Waals surface area contributed by atoms with Gasteiger partial charge in [0.15, 0.2) is 0 Å². The molecule has 2 amide bonds. The Morgan fingerprint density at radius 3 is 2.84 bits per heavy atom. The molecule has 3 N–H and O–H groups in total. The molecule has 0 saturated carbocycles. The number of carbonyl (C=O) groups is 1. The fourth-order valence-electron chi connectivity index (χ4n) is 4.02. The summed E-state index contributed by atoms with van der Waals surface area (Å²) >= 11 is 0. The van der Waals surface area contributed by atoms with Gasteiger partial charge < -0.3 is 15.5 Å². The van der Waals surface area contributed by atoms with E-state index in [1.807, 2.05) is 6.08 Å². The van der Waals surface area contributed by atoms with Crippen molar-refractivity contribution in [3.05, 3.63) is 42.5 Å². The van der Waals surface area contributed by atoms with E-state index in [-0.39, 0.29) is 5.69 Å². The van der Waals surface area contributed by atoms with Gasteiger partial charge in [-0.25, -0.2) is 4.79 Å². The largest absolute Gasteiger partial charge is 0.416 e. The molecule has 3 aliphatic rings. The summed E-state index contributed by atoms with van der Waals surface area (Å²) in [5.41, 5.74) is -0.641. The predicted molar refractivity (Wildman–Crippen MR) is 89.4 cm³/mol. The van der Waals surface area contributed by atoms with Crippen molar-refractivity contribution in [2.45, 2.75) is 25.1 Å². The Balaban J connectivity index is 1.52. The predicted octanol–water partition coefficient (Wildman–Crippen LogP) is 2.31. The molecule has 3 fully saturated rings. The van der Waals surface area contributed by atoms with Gasteiger partial charge in [-0.05, 0) is 24.1 Å². The average molecular weight is 354 g/mol. The van der Waals surface area contributed by atoms with Crippen LogP contribution in [0.25, 0.3) is 0 Å². The summed E-state index contributed by atoms with van der Waals surface area (Å²) in [6.45, 7) is 6.59. The highest BCUT2D eigenvalue weighted by Gasteiger charge is 2.42. The van der Waals surface area contributed by atoms with Gasteiger partial charge >= 0.3 is 12.2 Å². The van der Waals surface area contributed by atoms with Crippen LogP contribution in [0.2, 0.25) is 0 Å². The van der Waals surface area contributed by atoms with Crippen molar-refractivity contribution >= 4 is 11.7 Å². The average Bonchev–Trinajstić information content (AvgIpc) is 2.60. The van der Waals surface area contributed by atoms with E-state index in [2.05, 4.69) is 17.2 Å². The molecule has 3 heterocycles. The van der Waals surface area contributed by atoms with Gasteiger partial charge in [-0.2, -0.15) is 13.2 Å². The van der Waals surface area contributed by atoms with Crippen LogP contribution in [0.5, 0.6) is 0 Å². The quantitative estimate of drug-likeness (QED) is 0.714. The number of piperidine rings is 3. The molecule has 4 rings (SSSR count). The van der Waals surface area contributed by atoms with E-state index >= 15 is 0 Å². The van der Waals surface area contributed by atoms with Gasteiger partial charge in [-0.1, -0.05) is 12.1 Å². The molecule has 1 aromatic rings. The molecule has 0 spiro atoms. The van der Waals surface area contributed by atoms with Crippen molar-refractivity contribution in [2.24, 2.45) is 11.8 Å². The fraction of sp³-hybridized carbons (Fsp3) is 0.500. The van der Waals surface area contributed by atoms with Gasteiger partial charge in [-0.15, -0.1) is 6.58 Å². The smallest absolute Gasteiger partial charge is 0.332 e. The Hall–Kier alpha value is -2.02. The maximum atomic E-state index is 12.7. The normalized spacial score (nSPS) is 28.4. The Bertz CT molecular complexity index is 647. The van der Waals surface area contributed by atoms with Crippen LogP contribution in [0.3, 0.4) is 0 Å². The van der Waals surface area contributed by atoms with Crippen LogP contribution in [-0.2, 0) is 6.18 Å². The number of amides is 2. The first-order valence-corrected chi connectivity index (χ1v) is 8.56. The number of alkyl halides is 3. The minimum atomic E-state index is -4.42. The topological polar surface area (TPSA) is 45.6 Å². The zero-order valence-electron chi connectivity index (χ0n) is 13.9. The monoisotopic (exact) mass is 354 g/mol. The van der Waals surface area contributed by atoms with Crippen molar-refractivity contribution in [1.29, 1.82) is 0 Å². The zero-order valence-corrected chi connectivity index (χ0v) is 13.9. The number of urea groups is 1. The van der Waals surface area contributed by atoms with Gasteiger partial charge in [0.05, 0.1) is 25.2 Å². The third kappa shape index (κ3) is 4.15. The number of halogens is 3. The molecule has 2 bridgehead atoms. The second kappa shape index (κ2) is 7.07. The van der Waals surface area contributed by atoms with Gasteiger partial charge in [0.25, 0.3) is 0 Å². The van der Waals surface area contributed by atoms with E-state index in [0.29, 0.717) is 24.4 Å². The minimum absolute atomic E-state index is 0.136. The summed E-state index contributed by atoms with van der Waals surface area (Å²) in [6.07, 6.45) is -0.142. The standard InChI is InChI=1S/C18H22F3N3O/c1-2-12-11-24-7-6-13(12)8-16(24)10-22-17(25)23-15-5-3-4-14(9-15)18(19,20)21/h2-5,9,12-13,16H,1,6-8,10-11H2,(H2,22,23,25)/p+1/t12-,13-,16+/m0/s1. The van der Waals surface area contributed by atoms with Gasteiger partial charge in [0.1, 0.15) is 6.04 Å². The van der Waals surface area contributed by atoms with Crippen LogP contribution >= 0.6 is 0 Å². The van der Waals surface area contributed by atoms with Crippen molar-refractivity contribution in [2.75, 3.05) is 25.0 Å². The molecule has 25 heavy (non-hydrogen) atoms. The molecule has 0 aromatic heterocycles. The van der Waals surface area contributed by atoms with E-state index in [0.717, 1.165) is 31.6 Å². The third-order valence-electron chi connectivity index (χ3n) is 5.36. The summed E-state index contributed by atoms with van der Waals surface area (Å²) < 4.78 is 38.1. The summed E-state index contributed by atoms with van der Waals surface area (Å²) in [5.74, 6) is 1.19. The second-order valence-corrected chi connectivity index (χ2v) is 6.91. The number of nitrogens with one attached hydrogen (secondary N) is 3. The summed E-state index contributed by atoms with van der Waals surface area (Å²) in [6, 6.07) is 4.54. The number of carbonyl (C=O) groups excluding carboxylic acids is 1. The number of anilines is 1. The molecule has 0 radical (unpaired) electrons. The lowest BCUT2D eigenvalue weighted by atomic mass is 9.75. The summed E-state index contributed by atoms with van der Waals surface area (Å²) in [4.78, 5) is 13.5. The molecule has 4 atom stereocenters. The molecule has 0 aliphatic carbocycles. The minimum Gasteiger partial charge on any atom is -0.332 e. The van der Waals surface area contributed by atoms with Gasteiger partial charge in [0.2, 0.25) is 0 Å². The Labute approximate surface area is 145 Å². The number of rotatable bonds is 4. The van der Waals surface area contributed by atoms with Crippen LogP contribution in [0, 0.1) is 11.8 Å². The first-order valence-electron chi connectivity index (χ1n) is 8.56. The lowest BCUT2D eigenvalue weighted by Crippen LogP contribution is -3.20. The lowest BCUT2D eigenvalue weighted by molar-refractivity contribution is -0.944. The van der Waals surface area contributed by atoms with Crippen molar-refractivity contribution in [3.63, 3.8) is 0 Å². The molecule has 4 nitrogen and oxygen atoms in total. The Morgan fingerprint density at radius 2 is 2.20 bits per heavy atom. The highest BCUT2D eigenvalue weighted by molar-refractivity contribution is 5.89. The molecule has 136 valence electrons. The van der Waals surface area contributed by atoms with E-state index in [9.17, 15) is 18.0 Å². The molecular formula is C18H23F3N3O+. The molecule has 1 unspecified atom stereocenters. The highest BCUT2D eigenvalue weighted by atomic mass is 19.4. The zero-order chi connectivity index (χ0) is 18.0. The first-order chi connectivity index (χ1) is 11.9. The second-order valence-electron chi connectivity index (χ2n) is 6.91. The van der Waals surface area contributed by atoms with Gasteiger partial charge in [0, 0.05) is 24.4 Å². The fourth-order valence-corrected chi connectivity index (χ4v) is 4.02. The molecule has 3 saturated heterocycles. The van der Waals surface area contributed by atoms with Crippen molar-refractivity contribution < 1.29 is 22.9 Å². The number of fused-ring (bicyclic) bond motifs is 3. The first kappa shape index (κ1) is 17.8. The third-order valence-corrected chi connectivity index (χ3v) is 5.36. The van der Waals surface area contributed by atoms with Crippen LogP contribution in [0.1, 0.15) is 18.4 Å². The number of quaternary nitrogens is 1. The van der Waals surface area contributed by atoms with Crippen LogP contribution < -0.4 is 15.5 Å².